The van der Waals surface area contributed by atoms with E-state index in [1.54, 1.807) is 0 Å². The second-order valence-electron chi connectivity index (χ2n) is 4.95. The molecule has 4 nitrogen and oxygen atoms in total. The van der Waals surface area contributed by atoms with E-state index in [0.717, 1.165) is 25.7 Å². The Balaban J connectivity index is 2.57. The molecule has 0 saturated heterocycles. The SMILES string of the molecule is C[C@H](CN)NC(=O)C1CCCCC1(C)N. The molecule has 2 unspecified atom stereocenters. The molecule has 15 heavy (non-hydrogen) atoms. The van der Waals surface area contributed by atoms with Gasteiger partial charge >= 0.3 is 0 Å². The molecule has 1 aliphatic carbocycles. The van der Waals surface area contributed by atoms with E-state index < -0.39 is 0 Å². The van der Waals surface area contributed by atoms with Gasteiger partial charge in [-0.1, -0.05) is 12.8 Å². The van der Waals surface area contributed by atoms with Gasteiger partial charge in [0.1, 0.15) is 0 Å². The first-order valence-corrected chi connectivity index (χ1v) is 5.76. The number of amides is 1. The van der Waals surface area contributed by atoms with Crippen molar-refractivity contribution in [2.45, 2.75) is 51.1 Å². The van der Waals surface area contributed by atoms with Crippen LogP contribution in [0.5, 0.6) is 0 Å². The van der Waals surface area contributed by atoms with Gasteiger partial charge < -0.3 is 16.8 Å². The first kappa shape index (κ1) is 12.5. The van der Waals surface area contributed by atoms with Crippen molar-refractivity contribution < 1.29 is 4.79 Å². The molecule has 0 aromatic rings. The van der Waals surface area contributed by atoms with Crippen molar-refractivity contribution in [3.8, 4) is 0 Å². The Morgan fingerprint density at radius 1 is 1.60 bits per heavy atom. The fraction of sp³-hybridized carbons (Fsp3) is 0.909. The molecule has 0 heterocycles. The smallest absolute Gasteiger partial charge is 0.225 e. The summed E-state index contributed by atoms with van der Waals surface area (Å²) in [6.07, 6.45) is 4.06. The number of rotatable bonds is 3. The van der Waals surface area contributed by atoms with E-state index in [9.17, 15) is 4.79 Å². The van der Waals surface area contributed by atoms with E-state index in [-0.39, 0.29) is 23.4 Å². The van der Waals surface area contributed by atoms with Gasteiger partial charge in [-0.15, -0.1) is 0 Å². The van der Waals surface area contributed by atoms with Gasteiger partial charge in [0.25, 0.3) is 0 Å². The third kappa shape index (κ3) is 3.18. The van der Waals surface area contributed by atoms with Crippen molar-refractivity contribution in [1.82, 2.24) is 5.32 Å². The van der Waals surface area contributed by atoms with E-state index in [0.29, 0.717) is 6.54 Å². The number of nitrogens with one attached hydrogen (secondary N) is 1. The summed E-state index contributed by atoms with van der Waals surface area (Å²) in [4.78, 5) is 11.9. The topological polar surface area (TPSA) is 81.1 Å². The van der Waals surface area contributed by atoms with Crippen LogP contribution in [0, 0.1) is 5.92 Å². The summed E-state index contributed by atoms with van der Waals surface area (Å²) in [6.45, 7) is 4.36. The minimum Gasteiger partial charge on any atom is -0.352 e. The van der Waals surface area contributed by atoms with Crippen LogP contribution >= 0.6 is 0 Å². The van der Waals surface area contributed by atoms with Crippen LogP contribution in [-0.2, 0) is 4.79 Å². The van der Waals surface area contributed by atoms with E-state index in [2.05, 4.69) is 5.32 Å². The number of carbonyl (C=O) groups excluding carboxylic acids is 1. The predicted octanol–water partition coefficient (Wildman–Crippen LogP) is 0.357. The maximum Gasteiger partial charge on any atom is 0.225 e. The normalized spacial score (nSPS) is 33.5. The Bertz CT molecular complexity index is 228. The highest BCUT2D eigenvalue weighted by atomic mass is 16.2. The number of hydrogen-bond donors (Lipinski definition) is 3. The van der Waals surface area contributed by atoms with Crippen molar-refractivity contribution in [2.75, 3.05) is 6.54 Å². The van der Waals surface area contributed by atoms with Gasteiger partial charge in [0.05, 0.1) is 5.92 Å². The summed E-state index contributed by atoms with van der Waals surface area (Å²) < 4.78 is 0. The lowest BCUT2D eigenvalue weighted by Gasteiger charge is -2.37. The maximum absolute atomic E-state index is 11.9. The van der Waals surface area contributed by atoms with Gasteiger partial charge in [-0.3, -0.25) is 4.79 Å². The van der Waals surface area contributed by atoms with E-state index in [1.807, 2.05) is 13.8 Å². The summed E-state index contributed by atoms with van der Waals surface area (Å²) in [6, 6.07) is 0.0372. The number of nitrogens with two attached hydrogens (primary N) is 2. The molecule has 3 atom stereocenters. The van der Waals surface area contributed by atoms with Crippen LogP contribution in [0.4, 0.5) is 0 Å². The van der Waals surface area contributed by atoms with Crippen molar-refractivity contribution in [2.24, 2.45) is 17.4 Å². The molecule has 0 radical (unpaired) electrons. The second-order valence-corrected chi connectivity index (χ2v) is 4.95. The predicted molar refractivity (Wildman–Crippen MR) is 61.2 cm³/mol. The van der Waals surface area contributed by atoms with Crippen molar-refractivity contribution in [3.63, 3.8) is 0 Å². The van der Waals surface area contributed by atoms with Gasteiger partial charge in [0.15, 0.2) is 0 Å². The third-order valence-corrected chi connectivity index (χ3v) is 3.31. The Morgan fingerprint density at radius 2 is 2.27 bits per heavy atom. The van der Waals surface area contributed by atoms with Crippen LogP contribution < -0.4 is 16.8 Å². The molecule has 0 bridgehead atoms. The van der Waals surface area contributed by atoms with Gasteiger partial charge in [-0.05, 0) is 26.7 Å². The molecular formula is C11H23N3O. The van der Waals surface area contributed by atoms with Crippen molar-refractivity contribution >= 4 is 5.91 Å². The molecule has 1 rings (SSSR count). The highest BCUT2D eigenvalue weighted by Crippen LogP contribution is 2.31. The Hall–Kier alpha value is -0.610. The first-order valence-electron chi connectivity index (χ1n) is 5.76. The highest BCUT2D eigenvalue weighted by Gasteiger charge is 2.37. The minimum atomic E-state index is -0.351. The molecule has 1 saturated carbocycles. The molecule has 1 fully saturated rings. The molecule has 88 valence electrons. The molecule has 0 aromatic heterocycles. The van der Waals surface area contributed by atoms with Crippen LogP contribution in [0.3, 0.4) is 0 Å². The Labute approximate surface area is 91.8 Å². The van der Waals surface area contributed by atoms with E-state index in [1.165, 1.54) is 0 Å². The molecular weight excluding hydrogens is 190 g/mol. The zero-order valence-electron chi connectivity index (χ0n) is 9.75. The molecule has 4 heteroatoms. The fourth-order valence-electron chi connectivity index (χ4n) is 2.19. The minimum absolute atomic E-state index is 0.0372. The quantitative estimate of drug-likeness (QED) is 0.633. The average Bonchev–Trinajstić information content (AvgIpc) is 2.16. The monoisotopic (exact) mass is 213 g/mol. The first-order chi connectivity index (χ1) is 6.97. The van der Waals surface area contributed by atoms with Crippen molar-refractivity contribution in [1.29, 1.82) is 0 Å². The molecule has 1 amide bonds. The summed E-state index contributed by atoms with van der Waals surface area (Å²) in [5.74, 6) is 0.0119. The van der Waals surface area contributed by atoms with Crippen LogP contribution in [-0.4, -0.2) is 24.0 Å². The number of hydrogen-bond acceptors (Lipinski definition) is 3. The van der Waals surface area contributed by atoms with Crippen LogP contribution in [0.1, 0.15) is 39.5 Å². The van der Waals surface area contributed by atoms with Crippen molar-refractivity contribution in [3.05, 3.63) is 0 Å². The Kier molecular flexibility index (Phi) is 4.11. The lowest BCUT2D eigenvalue weighted by molar-refractivity contribution is -0.128. The zero-order valence-corrected chi connectivity index (χ0v) is 9.75. The average molecular weight is 213 g/mol. The zero-order chi connectivity index (χ0) is 11.5. The summed E-state index contributed by atoms with van der Waals surface area (Å²) in [7, 11) is 0. The number of carbonyl (C=O) groups is 1. The Morgan fingerprint density at radius 3 is 2.80 bits per heavy atom. The summed E-state index contributed by atoms with van der Waals surface area (Å²) in [5, 5.41) is 2.91. The lowest BCUT2D eigenvalue weighted by atomic mass is 9.74. The van der Waals surface area contributed by atoms with Gasteiger partial charge in [-0.25, -0.2) is 0 Å². The summed E-state index contributed by atoms with van der Waals surface area (Å²) >= 11 is 0. The van der Waals surface area contributed by atoms with Gasteiger partial charge in [-0.2, -0.15) is 0 Å². The fourth-order valence-corrected chi connectivity index (χ4v) is 2.19. The van der Waals surface area contributed by atoms with Crippen LogP contribution in [0.15, 0.2) is 0 Å². The lowest BCUT2D eigenvalue weighted by Crippen LogP contribution is -2.54. The molecule has 1 aliphatic rings. The molecule has 5 N–H and O–H groups in total. The standard InChI is InChI=1S/C11H23N3O/c1-8(7-12)14-10(15)9-5-3-4-6-11(9,2)13/h8-9H,3-7,12-13H2,1-2H3,(H,14,15)/t8-,9?,11?/m1/s1. The summed E-state index contributed by atoms with van der Waals surface area (Å²) in [5.41, 5.74) is 11.3. The molecule has 0 aliphatic heterocycles. The molecule has 0 spiro atoms. The van der Waals surface area contributed by atoms with Gasteiger partial charge in [0.2, 0.25) is 5.91 Å². The highest BCUT2D eigenvalue weighted by molar-refractivity contribution is 5.80. The second kappa shape index (κ2) is 4.94. The third-order valence-electron chi connectivity index (χ3n) is 3.31. The van der Waals surface area contributed by atoms with E-state index >= 15 is 0 Å². The van der Waals surface area contributed by atoms with Crippen LogP contribution in [0.25, 0.3) is 0 Å². The largest absolute Gasteiger partial charge is 0.352 e. The maximum atomic E-state index is 11.9. The van der Waals surface area contributed by atoms with Gasteiger partial charge in [0, 0.05) is 18.1 Å². The molecule has 0 aromatic carbocycles. The van der Waals surface area contributed by atoms with E-state index in [4.69, 9.17) is 11.5 Å². The van der Waals surface area contributed by atoms with Crippen LogP contribution in [0.2, 0.25) is 0 Å².